The molecule has 7 heteroatoms. The van der Waals surface area contributed by atoms with E-state index in [-0.39, 0.29) is 12.5 Å². The van der Waals surface area contributed by atoms with E-state index in [2.05, 4.69) is 21.2 Å². The number of hydrogen-bond donors (Lipinski definition) is 1. The van der Waals surface area contributed by atoms with Crippen LogP contribution in [-0.2, 0) is 4.79 Å². The number of carbonyl (C=O) groups excluding carboxylic acids is 1. The van der Waals surface area contributed by atoms with E-state index in [1.54, 1.807) is 24.3 Å². The topological polar surface area (TPSA) is 47.6 Å². The number of nitrogens with one attached hydrogen (secondary N) is 1. The van der Waals surface area contributed by atoms with Gasteiger partial charge in [-0.25, -0.2) is 0 Å². The number of carbonyl (C=O) groups is 1. The molecule has 0 saturated carbocycles. The highest BCUT2D eigenvalue weighted by molar-refractivity contribution is 9.10. The largest absolute Gasteiger partial charge is 0.495 e. The summed E-state index contributed by atoms with van der Waals surface area (Å²) < 4.78 is 11.4. The van der Waals surface area contributed by atoms with Crippen molar-refractivity contribution < 1.29 is 14.3 Å². The van der Waals surface area contributed by atoms with Crippen LogP contribution < -0.4 is 14.8 Å². The summed E-state index contributed by atoms with van der Waals surface area (Å²) in [5, 5.41) is 3.55. The normalized spacial score (nSPS) is 10.3. The summed E-state index contributed by atoms with van der Waals surface area (Å²) in [4.78, 5) is 12.0. The molecule has 122 valence electrons. The van der Waals surface area contributed by atoms with Gasteiger partial charge in [0.15, 0.2) is 6.61 Å². The number of halogens is 3. The van der Waals surface area contributed by atoms with Crippen LogP contribution >= 0.6 is 39.1 Å². The minimum Gasteiger partial charge on any atom is -0.495 e. The zero-order valence-electron chi connectivity index (χ0n) is 12.5. The van der Waals surface area contributed by atoms with E-state index in [1.807, 2.05) is 13.0 Å². The van der Waals surface area contributed by atoms with E-state index in [4.69, 9.17) is 32.7 Å². The van der Waals surface area contributed by atoms with Crippen molar-refractivity contribution in [2.45, 2.75) is 6.92 Å². The van der Waals surface area contributed by atoms with E-state index in [1.165, 1.54) is 7.11 Å². The van der Waals surface area contributed by atoms with E-state index in [9.17, 15) is 4.79 Å². The summed E-state index contributed by atoms with van der Waals surface area (Å²) in [7, 11) is 1.53. The first-order valence-corrected chi connectivity index (χ1v) is 8.17. The van der Waals surface area contributed by atoms with E-state index in [0.717, 1.165) is 10.0 Å². The van der Waals surface area contributed by atoms with E-state index in [0.29, 0.717) is 27.2 Å². The fourth-order valence-corrected chi connectivity index (χ4v) is 3.23. The highest BCUT2D eigenvalue weighted by Gasteiger charge is 2.11. The minimum absolute atomic E-state index is 0.161. The molecule has 0 aromatic heterocycles. The van der Waals surface area contributed by atoms with Crippen LogP contribution in [-0.4, -0.2) is 19.6 Å². The first kappa shape index (κ1) is 17.9. The van der Waals surface area contributed by atoms with Gasteiger partial charge in [-0.2, -0.15) is 0 Å². The molecule has 4 nitrogen and oxygen atoms in total. The van der Waals surface area contributed by atoms with Crippen LogP contribution in [0.2, 0.25) is 10.0 Å². The van der Waals surface area contributed by atoms with E-state index < -0.39 is 0 Å². The molecule has 0 aliphatic rings. The van der Waals surface area contributed by atoms with Crippen LogP contribution in [0.15, 0.2) is 34.8 Å². The maximum atomic E-state index is 12.0. The van der Waals surface area contributed by atoms with Crippen molar-refractivity contribution in [1.29, 1.82) is 0 Å². The van der Waals surface area contributed by atoms with Gasteiger partial charge < -0.3 is 14.8 Å². The fraction of sp³-hybridized carbons (Fsp3) is 0.188. The first-order valence-electron chi connectivity index (χ1n) is 6.62. The third-order valence-corrected chi connectivity index (χ3v) is 4.01. The summed E-state index contributed by atoms with van der Waals surface area (Å²) in [5.74, 6) is 0.709. The van der Waals surface area contributed by atoms with Crippen molar-refractivity contribution in [1.82, 2.24) is 0 Å². The van der Waals surface area contributed by atoms with Gasteiger partial charge in [0, 0.05) is 10.2 Å². The predicted molar refractivity (Wildman–Crippen MR) is 96.0 cm³/mol. The molecule has 0 spiro atoms. The number of amides is 1. The molecule has 2 rings (SSSR count). The van der Waals surface area contributed by atoms with Crippen LogP contribution in [0.1, 0.15) is 5.56 Å². The van der Waals surface area contributed by atoms with Crippen LogP contribution in [0.4, 0.5) is 5.69 Å². The summed E-state index contributed by atoms with van der Waals surface area (Å²) in [6, 6.07) is 8.55. The smallest absolute Gasteiger partial charge is 0.262 e. The fourth-order valence-electron chi connectivity index (χ4n) is 1.95. The standard InChI is InChI=1S/C16H14BrCl2NO3/c1-9-5-10(17)6-13(19)16(9)23-8-15(21)20-11-3-4-14(22-2)12(18)7-11/h3-7H,8H2,1-2H3,(H,20,21). The number of aryl methyl sites for hydroxylation is 1. The highest BCUT2D eigenvalue weighted by atomic mass is 79.9. The van der Waals surface area contributed by atoms with Gasteiger partial charge in [0.25, 0.3) is 5.91 Å². The molecule has 0 fully saturated rings. The number of anilines is 1. The third kappa shape index (κ3) is 4.77. The Labute approximate surface area is 152 Å². The number of methoxy groups -OCH3 is 1. The lowest BCUT2D eigenvalue weighted by atomic mass is 10.2. The SMILES string of the molecule is COc1ccc(NC(=O)COc2c(C)cc(Br)cc2Cl)cc1Cl. The summed E-state index contributed by atoms with van der Waals surface area (Å²) in [6.45, 7) is 1.69. The van der Waals surface area contributed by atoms with Crippen LogP contribution in [0.25, 0.3) is 0 Å². The molecule has 0 heterocycles. The molecule has 0 saturated heterocycles. The predicted octanol–water partition coefficient (Wildman–Crippen LogP) is 5.09. The van der Waals surface area contributed by atoms with Gasteiger partial charge in [0.2, 0.25) is 0 Å². The van der Waals surface area contributed by atoms with Crippen molar-refractivity contribution in [3.8, 4) is 11.5 Å². The zero-order chi connectivity index (χ0) is 17.0. The Morgan fingerprint density at radius 3 is 2.57 bits per heavy atom. The van der Waals surface area contributed by atoms with Crippen molar-refractivity contribution in [3.05, 3.63) is 50.4 Å². The molecule has 23 heavy (non-hydrogen) atoms. The molecule has 1 N–H and O–H groups in total. The van der Waals surface area contributed by atoms with Crippen LogP contribution in [0, 0.1) is 6.92 Å². The maximum absolute atomic E-state index is 12.0. The first-order chi connectivity index (χ1) is 10.9. The van der Waals surface area contributed by atoms with Crippen molar-refractivity contribution >= 4 is 50.7 Å². The van der Waals surface area contributed by atoms with Crippen molar-refractivity contribution in [2.75, 3.05) is 19.0 Å². The van der Waals surface area contributed by atoms with Crippen LogP contribution in [0.3, 0.4) is 0 Å². The lowest BCUT2D eigenvalue weighted by Gasteiger charge is -2.12. The van der Waals surface area contributed by atoms with Gasteiger partial charge in [-0.3, -0.25) is 4.79 Å². The van der Waals surface area contributed by atoms with Crippen molar-refractivity contribution in [2.24, 2.45) is 0 Å². The quantitative estimate of drug-likeness (QED) is 0.735. The molecular formula is C16H14BrCl2NO3. The average Bonchev–Trinajstić information content (AvgIpc) is 2.46. The molecule has 0 bridgehead atoms. The van der Waals surface area contributed by atoms with Gasteiger partial charge >= 0.3 is 0 Å². The molecular weight excluding hydrogens is 405 g/mol. The van der Waals surface area contributed by atoms with Gasteiger partial charge in [-0.15, -0.1) is 0 Å². The number of benzene rings is 2. The van der Waals surface area contributed by atoms with Crippen molar-refractivity contribution in [3.63, 3.8) is 0 Å². The molecule has 0 atom stereocenters. The molecule has 1 amide bonds. The summed E-state index contributed by atoms with van der Waals surface area (Å²) >= 11 is 15.5. The average molecular weight is 419 g/mol. The van der Waals surface area contributed by atoms with Gasteiger partial charge in [0.1, 0.15) is 11.5 Å². The molecule has 0 unspecified atom stereocenters. The second-order valence-corrected chi connectivity index (χ2v) is 6.45. The summed E-state index contributed by atoms with van der Waals surface area (Å²) in [5.41, 5.74) is 1.40. The maximum Gasteiger partial charge on any atom is 0.262 e. The van der Waals surface area contributed by atoms with Crippen LogP contribution in [0.5, 0.6) is 11.5 Å². The molecule has 0 aliphatic heterocycles. The van der Waals surface area contributed by atoms with Gasteiger partial charge in [0.05, 0.1) is 17.2 Å². The Bertz CT molecular complexity index is 714. The minimum atomic E-state index is -0.315. The Kier molecular flexibility index (Phi) is 6.16. The van der Waals surface area contributed by atoms with Gasteiger partial charge in [-0.05, 0) is 42.8 Å². The lowest BCUT2D eigenvalue weighted by Crippen LogP contribution is -2.20. The number of hydrogen-bond acceptors (Lipinski definition) is 3. The molecule has 2 aromatic rings. The Hall–Kier alpha value is -1.43. The monoisotopic (exact) mass is 417 g/mol. The third-order valence-electron chi connectivity index (χ3n) is 2.98. The lowest BCUT2D eigenvalue weighted by molar-refractivity contribution is -0.118. The summed E-state index contributed by atoms with van der Waals surface area (Å²) in [6.07, 6.45) is 0. The highest BCUT2D eigenvalue weighted by Crippen LogP contribution is 2.32. The molecule has 0 radical (unpaired) electrons. The Morgan fingerprint density at radius 1 is 1.22 bits per heavy atom. The van der Waals surface area contributed by atoms with Gasteiger partial charge in [-0.1, -0.05) is 39.1 Å². The Morgan fingerprint density at radius 2 is 1.96 bits per heavy atom. The Balaban J connectivity index is 1.99. The second-order valence-electron chi connectivity index (χ2n) is 4.72. The number of ether oxygens (including phenoxy) is 2. The molecule has 2 aromatic carbocycles. The molecule has 0 aliphatic carbocycles. The number of rotatable bonds is 5. The zero-order valence-corrected chi connectivity index (χ0v) is 15.6. The second kappa shape index (κ2) is 7.90. The van der Waals surface area contributed by atoms with E-state index >= 15 is 0 Å².